The highest BCUT2D eigenvalue weighted by Gasteiger charge is 2.18. The van der Waals surface area contributed by atoms with Gasteiger partial charge in [0.2, 0.25) is 0 Å². The van der Waals surface area contributed by atoms with Crippen molar-refractivity contribution in [1.82, 2.24) is 0 Å². The van der Waals surface area contributed by atoms with Crippen LogP contribution in [0.25, 0.3) is 0 Å². The molecule has 1 fully saturated rings. The van der Waals surface area contributed by atoms with E-state index >= 15 is 0 Å². The van der Waals surface area contributed by atoms with Crippen molar-refractivity contribution in [2.24, 2.45) is 5.92 Å². The Morgan fingerprint density at radius 3 is 2.62 bits per heavy atom. The summed E-state index contributed by atoms with van der Waals surface area (Å²) in [6.45, 7) is 0. The molecule has 0 bridgehead atoms. The van der Waals surface area contributed by atoms with Crippen LogP contribution in [-0.2, 0) is 11.2 Å². The fourth-order valence-electron chi connectivity index (χ4n) is 2.46. The standard InChI is InChI=1S/C14H17BrO/c15-14-8-4-3-7-12(14)10-13(16)9-11-5-1-2-6-11/h3-4,7-8,11H,1-2,5-6,9-10H2. The quantitative estimate of drug-likeness (QED) is 0.810. The lowest BCUT2D eigenvalue weighted by atomic mass is 9.97. The Morgan fingerprint density at radius 2 is 1.94 bits per heavy atom. The first-order valence-electron chi connectivity index (χ1n) is 6.01. The Kier molecular flexibility index (Phi) is 4.16. The van der Waals surface area contributed by atoms with Crippen molar-refractivity contribution in [3.63, 3.8) is 0 Å². The van der Waals surface area contributed by atoms with E-state index in [-0.39, 0.29) is 0 Å². The second-order valence-electron chi connectivity index (χ2n) is 4.66. The number of ketones is 1. The highest BCUT2D eigenvalue weighted by atomic mass is 79.9. The minimum atomic E-state index is 0.388. The minimum absolute atomic E-state index is 0.388. The molecule has 0 aliphatic heterocycles. The van der Waals surface area contributed by atoms with Gasteiger partial charge in [0.15, 0.2) is 0 Å². The zero-order valence-electron chi connectivity index (χ0n) is 9.42. The van der Waals surface area contributed by atoms with Crippen LogP contribution in [0, 0.1) is 5.92 Å². The van der Waals surface area contributed by atoms with Crippen molar-refractivity contribution in [1.29, 1.82) is 0 Å². The molecule has 0 unspecified atom stereocenters. The lowest BCUT2D eigenvalue weighted by Gasteiger charge is -2.08. The summed E-state index contributed by atoms with van der Waals surface area (Å²) in [5.74, 6) is 1.05. The maximum Gasteiger partial charge on any atom is 0.137 e. The predicted octanol–water partition coefficient (Wildman–Crippen LogP) is 4.14. The van der Waals surface area contributed by atoms with Crippen LogP contribution in [0.4, 0.5) is 0 Å². The van der Waals surface area contributed by atoms with E-state index in [1.165, 1.54) is 25.7 Å². The molecule has 2 heteroatoms. The SMILES string of the molecule is O=C(Cc1ccccc1Br)CC1CCCC1. The van der Waals surface area contributed by atoms with E-state index in [0.29, 0.717) is 18.1 Å². The molecule has 2 rings (SSSR count). The van der Waals surface area contributed by atoms with Crippen LogP contribution in [0.15, 0.2) is 28.7 Å². The van der Waals surface area contributed by atoms with Crippen LogP contribution in [-0.4, -0.2) is 5.78 Å². The van der Waals surface area contributed by atoms with E-state index < -0.39 is 0 Å². The largest absolute Gasteiger partial charge is 0.299 e. The molecule has 0 spiro atoms. The van der Waals surface area contributed by atoms with Crippen LogP contribution in [0.2, 0.25) is 0 Å². The molecular weight excluding hydrogens is 264 g/mol. The normalized spacial score (nSPS) is 16.6. The molecule has 0 radical (unpaired) electrons. The molecule has 1 aromatic rings. The molecular formula is C14H17BrO. The molecule has 1 aliphatic carbocycles. The van der Waals surface area contributed by atoms with Gasteiger partial charge in [-0.2, -0.15) is 0 Å². The van der Waals surface area contributed by atoms with Crippen LogP contribution in [0.3, 0.4) is 0 Å². The molecule has 1 nitrogen and oxygen atoms in total. The maximum absolute atomic E-state index is 11.9. The van der Waals surface area contributed by atoms with Crippen LogP contribution in [0.5, 0.6) is 0 Å². The molecule has 1 aliphatic rings. The van der Waals surface area contributed by atoms with Crippen molar-refractivity contribution in [3.05, 3.63) is 34.3 Å². The van der Waals surface area contributed by atoms with E-state index in [1.54, 1.807) is 0 Å². The Bertz CT molecular complexity index is 367. The van der Waals surface area contributed by atoms with Gasteiger partial charge in [-0.15, -0.1) is 0 Å². The zero-order valence-corrected chi connectivity index (χ0v) is 11.0. The van der Waals surface area contributed by atoms with Crippen molar-refractivity contribution < 1.29 is 4.79 Å². The molecule has 0 heterocycles. The lowest BCUT2D eigenvalue weighted by molar-refractivity contribution is -0.119. The van der Waals surface area contributed by atoms with Crippen molar-refractivity contribution in [3.8, 4) is 0 Å². The summed E-state index contributed by atoms with van der Waals surface area (Å²) in [5.41, 5.74) is 1.12. The second-order valence-corrected chi connectivity index (χ2v) is 5.52. The van der Waals surface area contributed by atoms with Crippen LogP contribution >= 0.6 is 15.9 Å². The Hall–Kier alpha value is -0.630. The predicted molar refractivity (Wildman–Crippen MR) is 69.4 cm³/mol. The van der Waals surface area contributed by atoms with Gasteiger partial charge in [0.25, 0.3) is 0 Å². The molecule has 0 amide bonds. The first-order chi connectivity index (χ1) is 7.75. The van der Waals surface area contributed by atoms with E-state index in [9.17, 15) is 4.79 Å². The minimum Gasteiger partial charge on any atom is -0.299 e. The smallest absolute Gasteiger partial charge is 0.137 e. The Balaban J connectivity index is 1.89. The number of Topliss-reactive ketones (excluding diaryl/α,β-unsaturated/α-hetero) is 1. The summed E-state index contributed by atoms with van der Waals surface area (Å²) < 4.78 is 1.05. The number of rotatable bonds is 4. The summed E-state index contributed by atoms with van der Waals surface area (Å²) in [4.78, 5) is 11.9. The number of benzene rings is 1. The fraction of sp³-hybridized carbons (Fsp3) is 0.500. The summed E-state index contributed by atoms with van der Waals surface area (Å²) in [5, 5.41) is 0. The fourth-order valence-corrected chi connectivity index (χ4v) is 2.89. The third kappa shape index (κ3) is 3.18. The first kappa shape index (κ1) is 11.8. The Morgan fingerprint density at radius 1 is 1.25 bits per heavy atom. The first-order valence-corrected chi connectivity index (χ1v) is 6.80. The van der Waals surface area contributed by atoms with Gasteiger partial charge in [-0.05, 0) is 17.5 Å². The number of hydrogen-bond acceptors (Lipinski definition) is 1. The molecule has 0 saturated heterocycles. The van der Waals surface area contributed by atoms with Gasteiger partial charge < -0.3 is 0 Å². The maximum atomic E-state index is 11.9. The summed E-state index contributed by atoms with van der Waals surface area (Å²) in [7, 11) is 0. The number of hydrogen-bond donors (Lipinski definition) is 0. The van der Waals surface area contributed by atoms with Crippen molar-refractivity contribution >= 4 is 21.7 Å². The molecule has 86 valence electrons. The molecule has 1 aromatic carbocycles. The van der Waals surface area contributed by atoms with Gasteiger partial charge in [-0.3, -0.25) is 4.79 Å². The van der Waals surface area contributed by atoms with Crippen LogP contribution < -0.4 is 0 Å². The summed E-state index contributed by atoms with van der Waals surface area (Å²) >= 11 is 3.49. The molecule has 0 atom stereocenters. The van der Waals surface area contributed by atoms with Gasteiger partial charge in [-0.25, -0.2) is 0 Å². The van der Waals surface area contributed by atoms with E-state index in [1.807, 2.05) is 24.3 Å². The van der Waals surface area contributed by atoms with Crippen molar-refractivity contribution in [2.45, 2.75) is 38.5 Å². The highest BCUT2D eigenvalue weighted by Crippen LogP contribution is 2.28. The van der Waals surface area contributed by atoms with Crippen molar-refractivity contribution in [2.75, 3.05) is 0 Å². The van der Waals surface area contributed by atoms with Gasteiger partial charge in [-0.1, -0.05) is 59.8 Å². The van der Waals surface area contributed by atoms with Crippen LogP contribution in [0.1, 0.15) is 37.7 Å². The van der Waals surface area contributed by atoms with Gasteiger partial charge in [0.05, 0.1) is 0 Å². The van der Waals surface area contributed by atoms with Gasteiger partial charge in [0, 0.05) is 17.3 Å². The third-order valence-electron chi connectivity index (χ3n) is 3.34. The molecule has 0 N–H and O–H groups in total. The number of carbonyl (C=O) groups excluding carboxylic acids is 1. The average molecular weight is 281 g/mol. The average Bonchev–Trinajstić information content (AvgIpc) is 2.74. The van der Waals surface area contributed by atoms with Gasteiger partial charge in [0.1, 0.15) is 5.78 Å². The summed E-state index contributed by atoms with van der Waals surface area (Å²) in [6.07, 6.45) is 6.49. The Labute approximate surface area is 105 Å². The second kappa shape index (κ2) is 5.62. The molecule has 0 aromatic heterocycles. The third-order valence-corrected chi connectivity index (χ3v) is 4.11. The summed E-state index contributed by atoms with van der Waals surface area (Å²) in [6, 6.07) is 7.99. The monoisotopic (exact) mass is 280 g/mol. The topological polar surface area (TPSA) is 17.1 Å². The van der Waals surface area contributed by atoms with Gasteiger partial charge >= 0.3 is 0 Å². The lowest BCUT2D eigenvalue weighted by Crippen LogP contribution is -2.08. The highest BCUT2D eigenvalue weighted by molar-refractivity contribution is 9.10. The molecule has 16 heavy (non-hydrogen) atoms. The number of carbonyl (C=O) groups is 1. The molecule has 1 saturated carbocycles. The van der Waals surface area contributed by atoms with E-state index in [2.05, 4.69) is 15.9 Å². The number of halogens is 1. The zero-order chi connectivity index (χ0) is 11.4. The van der Waals surface area contributed by atoms with E-state index in [0.717, 1.165) is 16.5 Å². The van der Waals surface area contributed by atoms with E-state index in [4.69, 9.17) is 0 Å².